The number of aromatic amines is 1. The maximum absolute atomic E-state index is 11.1. The summed E-state index contributed by atoms with van der Waals surface area (Å²) in [6, 6.07) is 0. The van der Waals surface area contributed by atoms with E-state index in [2.05, 4.69) is 25.8 Å². The Morgan fingerprint density at radius 2 is 2.25 bits per heavy atom. The molecule has 0 aromatic carbocycles. The lowest BCUT2D eigenvalue weighted by molar-refractivity contribution is 1.11. The Kier molecular flexibility index (Phi) is 1.29. The molecule has 7 heteroatoms. The number of nitrogens with zero attached hydrogens (tertiary/aromatic N) is 2. The number of nitroso groups, excluding NO2 is 1. The number of H-pyrrole nitrogens is 1. The van der Waals surface area contributed by atoms with Gasteiger partial charge in [-0.25, -0.2) is 0 Å². The van der Waals surface area contributed by atoms with Gasteiger partial charge in [-0.1, -0.05) is 0 Å². The minimum Gasteiger partial charge on any atom is -0.360 e. The van der Waals surface area contributed by atoms with Crippen molar-refractivity contribution in [3.63, 3.8) is 0 Å². The Labute approximate surface area is 66.2 Å². The number of nitrogens with one attached hydrogen (secondary N) is 3. The zero-order chi connectivity index (χ0) is 8.55. The molecule has 0 unspecified atom stereocenters. The number of fused-ring (bicyclic) bond motifs is 1. The van der Waals surface area contributed by atoms with Crippen LogP contribution in [0.5, 0.6) is 0 Å². The van der Waals surface area contributed by atoms with E-state index in [-0.39, 0.29) is 11.5 Å². The van der Waals surface area contributed by atoms with Crippen LogP contribution in [0, 0.1) is 4.91 Å². The standard InChI is InChI=1S/C5H5N5O2/c11-4-2-3(7-1-6-2)8-5(9-4)10-12/h6H,1H2,(H2,7,8,9,11). The number of hydrogen-bond acceptors (Lipinski definition) is 6. The van der Waals surface area contributed by atoms with Gasteiger partial charge >= 0.3 is 0 Å². The lowest BCUT2D eigenvalue weighted by atomic mass is 10.5. The number of rotatable bonds is 1. The van der Waals surface area contributed by atoms with Crippen LogP contribution in [0.25, 0.3) is 0 Å². The highest BCUT2D eigenvalue weighted by atomic mass is 16.3. The quantitative estimate of drug-likeness (QED) is 0.510. The summed E-state index contributed by atoms with van der Waals surface area (Å²) in [5, 5.41) is 8.06. The first kappa shape index (κ1) is 6.77. The average molecular weight is 167 g/mol. The molecule has 1 aliphatic rings. The van der Waals surface area contributed by atoms with Crippen LogP contribution in [-0.4, -0.2) is 16.6 Å². The molecule has 3 N–H and O–H groups in total. The third-order valence-corrected chi connectivity index (χ3v) is 1.51. The van der Waals surface area contributed by atoms with Crippen molar-refractivity contribution in [2.45, 2.75) is 0 Å². The summed E-state index contributed by atoms with van der Waals surface area (Å²) in [6.45, 7) is 0.438. The zero-order valence-electron chi connectivity index (χ0n) is 5.92. The normalized spacial score (nSPS) is 13.0. The molecule has 62 valence electrons. The van der Waals surface area contributed by atoms with E-state index in [0.717, 1.165) is 0 Å². The largest absolute Gasteiger partial charge is 0.360 e. The fourth-order valence-corrected chi connectivity index (χ4v) is 1.01. The lowest BCUT2D eigenvalue weighted by Gasteiger charge is -1.94. The molecule has 1 aliphatic heterocycles. The van der Waals surface area contributed by atoms with Crippen LogP contribution in [0.4, 0.5) is 17.5 Å². The minimum absolute atomic E-state index is 0.213. The summed E-state index contributed by atoms with van der Waals surface area (Å²) < 4.78 is 0. The fraction of sp³-hybridized carbons (Fsp3) is 0.200. The molecule has 0 saturated carbocycles. The van der Waals surface area contributed by atoms with Gasteiger partial charge in [0.1, 0.15) is 5.69 Å². The molecule has 0 fully saturated rings. The second-order valence-corrected chi connectivity index (χ2v) is 2.23. The van der Waals surface area contributed by atoms with Gasteiger partial charge in [-0.05, 0) is 0 Å². The maximum Gasteiger partial charge on any atom is 0.278 e. The van der Waals surface area contributed by atoms with Gasteiger partial charge in [0.25, 0.3) is 11.5 Å². The predicted octanol–water partition coefficient (Wildman–Crippen LogP) is -0.0373. The summed E-state index contributed by atoms with van der Waals surface area (Å²) >= 11 is 0. The third-order valence-electron chi connectivity index (χ3n) is 1.51. The van der Waals surface area contributed by atoms with Crippen molar-refractivity contribution >= 4 is 17.5 Å². The molecule has 1 aromatic heterocycles. The van der Waals surface area contributed by atoms with E-state index in [0.29, 0.717) is 18.2 Å². The highest BCUT2D eigenvalue weighted by Crippen LogP contribution is 2.19. The van der Waals surface area contributed by atoms with Gasteiger partial charge in [-0.15, -0.1) is 4.91 Å². The van der Waals surface area contributed by atoms with Crippen molar-refractivity contribution in [2.75, 3.05) is 17.3 Å². The van der Waals surface area contributed by atoms with Gasteiger partial charge in [0.2, 0.25) is 0 Å². The molecule has 2 rings (SSSR count). The van der Waals surface area contributed by atoms with E-state index >= 15 is 0 Å². The highest BCUT2D eigenvalue weighted by molar-refractivity contribution is 5.68. The molecule has 0 amide bonds. The van der Waals surface area contributed by atoms with Crippen LogP contribution >= 0.6 is 0 Å². The molecule has 0 spiro atoms. The Morgan fingerprint density at radius 1 is 1.42 bits per heavy atom. The van der Waals surface area contributed by atoms with Crippen molar-refractivity contribution in [3.8, 4) is 0 Å². The summed E-state index contributed by atoms with van der Waals surface area (Å²) in [5.41, 5.74) is -0.0398. The topological polar surface area (TPSA) is 99.2 Å². The van der Waals surface area contributed by atoms with Crippen LogP contribution < -0.4 is 16.2 Å². The van der Waals surface area contributed by atoms with Crippen molar-refractivity contribution in [1.82, 2.24) is 9.97 Å². The molecule has 0 bridgehead atoms. The predicted molar refractivity (Wildman–Crippen MR) is 42.4 cm³/mol. The van der Waals surface area contributed by atoms with E-state index in [1.165, 1.54) is 0 Å². The first-order valence-electron chi connectivity index (χ1n) is 3.26. The van der Waals surface area contributed by atoms with E-state index in [9.17, 15) is 9.70 Å². The van der Waals surface area contributed by atoms with Crippen LogP contribution in [-0.2, 0) is 0 Å². The molecular weight excluding hydrogens is 162 g/mol. The summed E-state index contributed by atoms with van der Waals surface area (Å²) in [7, 11) is 0. The average Bonchev–Trinajstić information content (AvgIpc) is 2.52. The number of hydrogen-bond donors (Lipinski definition) is 3. The number of aromatic nitrogens is 2. The molecule has 12 heavy (non-hydrogen) atoms. The highest BCUT2D eigenvalue weighted by Gasteiger charge is 2.15. The molecule has 0 atom stereocenters. The molecule has 2 heterocycles. The fourth-order valence-electron chi connectivity index (χ4n) is 1.01. The second-order valence-electron chi connectivity index (χ2n) is 2.23. The lowest BCUT2D eigenvalue weighted by Crippen LogP contribution is -2.10. The van der Waals surface area contributed by atoms with E-state index in [4.69, 9.17) is 0 Å². The second kappa shape index (κ2) is 2.29. The van der Waals surface area contributed by atoms with Crippen molar-refractivity contribution in [3.05, 3.63) is 15.3 Å². The van der Waals surface area contributed by atoms with E-state index < -0.39 is 0 Å². The maximum atomic E-state index is 11.1. The van der Waals surface area contributed by atoms with E-state index in [1.54, 1.807) is 0 Å². The summed E-state index contributed by atoms with van der Waals surface area (Å²) in [6.07, 6.45) is 0. The summed E-state index contributed by atoms with van der Waals surface area (Å²) in [5.74, 6) is 0.156. The molecule has 0 radical (unpaired) electrons. The van der Waals surface area contributed by atoms with Gasteiger partial charge in [0, 0.05) is 5.18 Å². The SMILES string of the molecule is O=Nc1nc2c(c(=O)[nH]1)NCN2. The number of anilines is 2. The van der Waals surface area contributed by atoms with Gasteiger partial charge in [0.05, 0.1) is 6.67 Å². The van der Waals surface area contributed by atoms with Crippen molar-refractivity contribution < 1.29 is 0 Å². The molecule has 1 aromatic rings. The van der Waals surface area contributed by atoms with Gasteiger partial charge in [0.15, 0.2) is 5.82 Å². The monoisotopic (exact) mass is 167 g/mol. The smallest absolute Gasteiger partial charge is 0.278 e. The first-order valence-corrected chi connectivity index (χ1v) is 3.26. The molecular formula is C5H5N5O2. The van der Waals surface area contributed by atoms with Crippen LogP contribution in [0.2, 0.25) is 0 Å². The van der Waals surface area contributed by atoms with Crippen LogP contribution in [0.1, 0.15) is 0 Å². The summed E-state index contributed by atoms with van der Waals surface area (Å²) in [4.78, 5) is 27.1. The first-order chi connectivity index (χ1) is 5.81. The molecule has 7 nitrogen and oxygen atoms in total. The minimum atomic E-state index is -0.389. The molecule has 0 aliphatic carbocycles. The van der Waals surface area contributed by atoms with Crippen molar-refractivity contribution in [1.29, 1.82) is 0 Å². The van der Waals surface area contributed by atoms with E-state index in [1.807, 2.05) is 0 Å². The Morgan fingerprint density at radius 3 is 3.00 bits per heavy atom. The Bertz CT molecular complexity index is 384. The zero-order valence-corrected chi connectivity index (χ0v) is 5.92. The Balaban J connectivity index is 2.66. The van der Waals surface area contributed by atoms with Crippen LogP contribution in [0.3, 0.4) is 0 Å². The van der Waals surface area contributed by atoms with Gasteiger partial charge in [-0.2, -0.15) is 4.98 Å². The third kappa shape index (κ3) is 0.831. The molecule has 0 saturated heterocycles. The van der Waals surface area contributed by atoms with Crippen LogP contribution in [0.15, 0.2) is 9.97 Å². The van der Waals surface area contributed by atoms with Gasteiger partial charge < -0.3 is 10.6 Å². The van der Waals surface area contributed by atoms with Crippen molar-refractivity contribution in [2.24, 2.45) is 5.18 Å². The Hall–Kier alpha value is -1.92. The van der Waals surface area contributed by atoms with Gasteiger partial charge in [-0.3, -0.25) is 9.78 Å².